The fourth-order valence-corrected chi connectivity index (χ4v) is 15.8. The van der Waals surface area contributed by atoms with Crippen LogP contribution in [0.25, 0.3) is 0 Å². The van der Waals surface area contributed by atoms with Crippen molar-refractivity contribution in [2.45, 2.75) is 55.8 Å². The quantitative estimate of drug-likeness (QED) is 0.0180. The summed E-state index contributed by atoms with van der Waals surface area (Å²) in [6, 6.07) is 51.3. The lowest BCUT2D eigenvalue weighted by Crippen LogP contribution is -2.35. The van der Waals surface area contributed by atoms with Crippen molar-refractivity contribution in [1.82, 2.24) is 31.0 Å². The fraction of sp³-hybridized carbons (Fsp3) is 0.213. The molecule has 0 aliphatic carbocycles. The van der Waals surface area contributed by atoms with Gasteiger partial charge in [0, 0.05) is 89.6 Å². The minimum atomic E-state index is -1.42. The number of nitrogens with one attached hydrogen (secondary N) is 4. The molecule has 0 bridgehead atoms. The van der Waals surface area contributed by atoms with Gasteiger partial charge in [-0.05, 0) is 160 Å². The highest BCUT2D eigenvalue weighted by Gasteiger charge is 2.42. The third-order valence-corrected chi connectivity index (χ3v) is 22.1. The second-order valence-corrected chi connectivity index (χ2v) is 30.1. The topological polar surface area (TPSA) is 319 Å². The Labute approximate surface area is 720 Å². The maximum absolute atomic E-state index is 14.7. The van der Waals surface area contributed by atoms with Gasteiger partial charge in [-0.2, -0.15) is 15.3 Å². The van der Waals surface area contributed by atoms with Gasteiger partial charge in [0.05, 0.1) is 32.5 Å². The first-order valence-corrected chi connectivity index (χ1v) is 40.9. The average molecular weight is 1760 g/mol. The highest BCUT2D eigenvalue weighted by atomic mass is 32.2. The van der Waals surface area contributed by atoms with Crippen molar-refractivity contribution < 1.29 is 103 Å². The van der Waals surface area contributed by atoms with E-state index in [2.05, 4.69) is 36.6 Å². The number of methoxy groups -OCH3 is 3. The SMILES string of the molecule is CCC(C)NC(=O)COc1cccc(C2SC(c3ccc(F)cc3)=NN2C(=O)c2ccccc2O)c1OC.CCOCCCNC(=O)COc1cccc(C2SC(c3ccc(F)cc3)=NN2C(=O)c2ccccc2O)c1OC.CNC(=O)c1cccc(NC(=O)COc2cccc(C3SC(c4ccc(F)cc4)=NN3C(=O)c3c(F)cc(F)cc3F)c2OC)c1. The second kappa shape index (κ2) is 43.3. The number of para-hydroxylation sites is 5. The minimum Gasteiger partial charge on any atom is -0.507 e. The zero-order chi connectivity index (χ0) is 88.7. The van der Waals surface area contributed by atoms with Crippen LogP contribution in [-0.4, -0.2) is 156 Å². The summed E-state index contributed by atoms with van der Waals surface area (Å²) in [5, 5.41) is 46.9. The van der Waals surface area contributed by atoms with Crippen LogP contribution >= 0.6 is 35.3 Å². The molecule has 6 N–H and O–H groups in total. The first kappa shape index (κ1) is 91.2. The van der Waals surface area contributed by atoms with E-state index in [4.69, 9.17) is 33.2 Å². The lowest BCUT2D eigenvalue weighted by molar-refractivity contribution is -0.124. The van der Waals surface area contributed by atoms with Crippen LogP contribution in [0, 0.1) is 34.9 Å². The highest BCUT2D eigenvalue weighted by Crippen LogP contribution is 2.52. The van der Waals surface area contributed by atoms with Crippen molar-refractivity contribution in [3.8, 4) is 46.0 Å². The lowest BCUT2D eigenvalue weighted by atomic mass is 10.1. The summed E-state index contributed by atoms with van der Waals surface area (Å²) in [5.74, 6) is -7.93. The Hall–Kier alpha value is -13.5. The molecule has 0 aromatic heterocycles. The summed E-state index contributed by atoms with van der Waals surface area (Å²) in [5.41, 5.74) is 2.90. The lowest BCUT2D eigenvalue weighted by Gasteiger charge is -2.24. The molecule has 10 aromatic carbocycles. The van der Waals surface area contributed by atoms with E-state index < -0.39 is 81.0 Å². The van der Waals surface area contributed by atoms with E-state index in [0.29, 0.717) is 110 Å². The van der Waals surface area contributed by atoms with E-state index in [1.165, 1.54) is 147 Å². The molecule has 3 aliphatic rings. The van der Waals surface area contributed by atoms with Crippen molar-refractivity contribution in [3.63, 3.8) is 0 Å². The molecule has 0 spiro atoms. The van der Waals surface area contributed by atoms with Gasteiger partial charge in [0.25, 0.3) is 41.4 Å². The predicted molar refractivity (Wildman–Crippen MR) is 457 cm³/mol. The number of rotatable bonds is 30. The number of phenolic OH excluding ortho intramolecular Hbond substituents is 2. The average Bonchev–Trinajstić information content (AvgIpc) is 1.61. The monoisotopic (exact) mass is 1760 g/mol. The van der Waals surface area contributed by atoms with Crippen LogP contribution in [0.1, 0.15) is 125 Å². The van der Waals surface area contributed by atoms with E-state index in [1.807, 2.05) is 20.8 Å². The van der Waals surface area contributed by atoms with Crippen molar-refractivity contribution in [1.29, 1.82) is 0 Å². The van der Waals surface area contributed by atoms with Crippen LogP contribution in [0.2, 0.25) is 0 Å². The number of nitrogens with zero attached hydrogens (tertiary/aromatic N) is 6. The molecule has 26 nitrogen and oxygen atoms in total. The van der Waals surface area contributed by atoms with Gasteiger partial charge in [-0.25, -0.2) is 41.4 Å². The summed E-state index contributed by atoms with van der Waals surface area (Å²) in [7, 11) is 5.75. The molecule has 0 radical (unpaired) electrons. The molecule has 3 heterocycles. The van der Waals surface area contributed by atoms with Crippen molar-refractivity contribution >= 4 is 97.5 Å². The standard InChI is InChI=1S/C32H24F4N4O5S.C29H30FN3O6S.C28H28FN3O5S/c1-37-29(42)18-5-3-6-21(13-18)38-26(41)16-45-25-8-4-7-22(28(25)44-2)32-40(31(43)27-23(35)14-20(34)15-24(27)36)39-30(46-32)17-9-11-19(33)12-10-17;1-3-38-17-7-16-31-25(35)18-39-24-11-6-9-22(26(24)37-2)29-33(28(36)21-8-4-5-10-23(21)34)32-27(40-29)19-12-14-20(30)15-13-19;1-4-17(2)30-24(34)16-37-23-11-7-9-21(25(23)36-3)28-32(27(35)20-8-5-6-10-22(20)33)31-26(38-28)18-12-14-19(29)15-13-18/h3-15,32H,16H2,1-2H3,(H,37,42)(H,38,41);4-6,8-15,29,34H,3,7,16-18H2,1-2H3,(H,31,35);5-15,17,28,33H,4,16H2,1-3H3,(H,30,34). The van der Waals surface area contributed by atoms with Crippen LogP contribution in [0.4, 0.5) is 32.0 Å². The van der Waals surface area contributed by atoms with E-state index in [-0.39, 0.29) is 87.5 Å². The first-order chi connectivity index (χ1) is 59.8. The van der Waals surface area contributed by atoms with Crippen LogP contribution in [0.5, 0.6) is 46.0 Å². The molecule has 4 atom stereocenters. The molecule has 124 heavy (non-hydrogen) atoms. The maximum Gasteiger partial charge on any atom is 0.281 e. The molecule has 3 aliphatic heterocycles. The van der Waals surface area contributed by atoms with Crippen LogP contribution in [0.3, 0.4) is 0 Å². The Balaban J connectivity index is 0.000000182. The molecule has 644 valence electrons. The molecule has 35 heteroatoms. The molecular weight excluding hydrogens is 1680 g/mol. The fourth-order valence-electron chi connectivity index (χ4n) is 12.3. The third-order valence-electron chi connectivity index (χ3n) is 18.5. The summed E-state index contributed by atoms with van der Waals surface area (Å²) < 4.78 is 123. The number of amides is 7. The smallest absolute Gasteiger partial charge is 0.281 e. The number of halogens is 6. The molecule has 7 amide bonds. The Morgan fingerprint density at radius 3 is 1.26 bits per heavy atom. The van der Waals surface area contributed by atoms with E-state index in [0.717, 1.165) is 23.2 Å². The summed E-state index contributed by atoms with van der Waals surface area (Å²) >= 11 is 3.54. The van der Waals surface area contributed by atoms with Crippen LogP contribution < -0.4 is 49.7 Å². The van der Waals surface area contributed by atoms with Crippen molar-refractivity contribution in [2.75, 3.05) is 73.3 Å². The van der Waals surface area contributed by atoms with Gasteiger partial charge in [0.2, 0.25) is 0 Å². The molecular formula is C89H82F6N10O16S3. The third kappa shape index (κ3) is 22.8. The molecule has 13 rings (SSSR count). The number of anilines is 1. The molecule has 0 saturated heterocycles. The van der Waals surface area contributed by atoms with E-state index in [1.54, 1.807) is 115 Å². The largest absolute Gasteiger partial charge is 0.507 e. The van der Waals surface area contributed by atoms with Gasteiger partial charge >= 0.3 is 0 Å². The first-order valence-electron chi connectivity index (χ1n) is 38.2. The normalized spacial score (nSPS) is 14.6. The molecule has 0 saturated carbocycles. The van der Waals surface area contributed by atoms with Gasteiger partial charge in [0.15, 0.2) is 54.3 Å². The Morgan fingerprint density at radius 2 is 0.863 bits per heavy atom. The zero-order valence-corrected chi connectivity index (χ0v) is 69.9. The Bertz CT molecular complexity index is 5630. The minimum absolute atomic E-state index is 0.0187. The number of benzene rings is 10. The number of hydrogen-bond acceptors (Lipinski definition) is 22. The van der Waals surface area contributed by atoms with Crippen LogP contribution in [0.15, 0.2) is 228 Å². The molecule has 0 fully saturated rings. The van der Waals surface area contributed by atoms with Gasteiger partial charge in [-0.3, -0.25) is 33.6 Å². The highest BCUT2D eigenvalue weighted by molar-refractivity contribution is 8.15. The van der Waals surface area contributed by atoms with Gasteiger partial charge in [-0.15, -0.1) is 0 Å². The number of carbonyl (C=O) groups excluding carboxylic acids is 7. The van der Waals surface area contributed by atoms with Crippen LogP contribution in [-0.2, 0) is 19.1 Å². The molecule has 4 unspecified atom stereocenters. The van der Waals surface area contributed by atoms with Crippen molar-refractivity contribution in [3.05, 3.63) is 303 Å². The summed E-state index contributed by atoms with van der Waals surface area (Å²) in [4.78, 5) is 89.9. The maximum atomic E-state index is 14.7. The zero-order valence-electron chi connectivity index (χ0n) is 67.5. The van der Waals surface area contributed by atoms with E-state index >= 15 is 0 Å². The predicted octanol–water partition coefficient (Wildman–Crippen LogP) is 15.7. The molecule has 10 aromatic rings. The van der Waals surface area contributed by atoms with Gasteiger partial charge < -0.3 is 64.6 Å². The number of hydrogen-bond donors (Lipinski definition) is 6. The summed E-state index contributed by atoms with van der Waals surface area (Å²) in [6.45, 7) is 6.52. The van der Waals surface area contributed by atoms with Crippen molar-refractivity contribution in [2.24, 2.45) is 15.3 Å². The number of carbonyl (C=O) groups is 7. The number of ether oxygens (including phenoxy) is 7. The number of thioether (sulfide) groups is 3. The second-order valence-electron chi connectivity index (χ2n) is 26.9. The van der Waals surface area contributed by atoms with Gasteiger partial charge in [-0.1, -0.05) is 109 Å². The van der Waals surface area contributed by atoms with Gasteiger partial charge in [0.1, 0.15) is 83.2 Å². The number of aromatic hydroxyl groups is 2. The number of hydrazone groups is 3. The Morgan fingerprint density at radius 1 is 0.468 bits per heavy atom. The number of phenols is 2. The Kier molecular flexibility index (Phi) is 31.9. The van der Waals surface area contributed by atoms with E-state index in [9.17, 15) is 70.1 Å². The summed E-state index contributed by atoms with van der Waals surface area (Å²) in [6.07, 6.45) is 1.48.